The molecule has 0 aliphatic carbocycles. The third-order valence-corrected chi connectivity index (χ3v) is 5.48. The van der Waals surface area contributed by atoms with Crippen LogP contribution < -0.4 is 5.32 Å². The molecule has 2 aromatic carbocycles. The Hall–Kier alpha value is -2.33. The van der Waals surface area contributed by atoms with Crippen LogP contribution in [0.2, 0.25) is 5.02 Å². The summed E-state index contributed by atoms with van der Waals surface area (Å²) in [6, 6.07) is 15.2. The second-order valence-electron chi connectivity index (χ2n) is 7.98. The van der Waals surface area contributed by atoms with Crippen LogP contribution in [-0.2, 0) is 4.79 Å². The van der Waals surface area contributed by atoms with Crippen LogP contribution in [0.25, 0.3) is 0 Å². The van der Waals surface area contributed by atoms with Gasteiger partial charge in [-0.1, -0.05) is 55.3 Å². The molecule has 0 aromatic heterocycles. The van der Waals surface area contributed by atoms with Crippen molar-refractivity contribution in [3.63, 3.8) is 0 Å². The summed E-state index contributed by atoms with van der Waals surface area (Å²) < 4.78 is 0. The fourth-order valence-corrected chi connectivity index (χ4v) is 3.72. The van der Waals surface area contributed by atoms with Crippen molar-refractivity contribution in [2.24, 2.45) is 11.8 Å². The quantitative estimate of drug-likeness (QED) is 0.817. The molecule has 0 bridgehead atoms. The second kappa shape index (κ2) is 8.78. The van der Waals surface area contributed by atoms with E-state index in [1.807, 2.05) is 6.92 Å². The van der Waals surface area contributed by atoms with E-state index in [1.54, 1.807) is 29.2 Å². The maximum atomic E-state index is 13.0. The van der Waals surface area contributed by atoms with Crippen LogP contribution in [0.4, 0.5) is 0 Å². The smallest absolute Gasteiger partial charge is 0.253 e. The molecule has 2 aromatic rings. The highest BCUT2D eigenvalue weighted by Gasteiger charge is 2.40. The monoisotopic (exact) mass is 398 g/mol. The second-order valence-corrected chi connectivity index (χ2v) is 8.42. The Bertz CT molecular complexity index is 831. The zero-order valence-corrected chi connectivity index (χ0v) is 17.4. The number of nitrogens with one attached hydrogen (secondary N) is 1. The molecule has 2 unspecified atom stereocenters. The number of nitrogens with zero attached hydrogens (tertiary/aromatic N) is 1. The third kappa shape index (κ3) is 4.74. The molecule has 1 heterocycles. The lowest BCUT2D eigenvalue weighted by molar-refractivity contribution is -0.125. The number of amides is 2. The Morgan fingerprint density at radius 3 is 2.32 bits per heavy atom. The maximum Gasteiger partial charge on any atom is 0.253 e. The van der Waals surface area contributed by atoms with E-state index >= 15 is 0 Å². The van der Waals surface area contributed by atoms with E-state index in [2.05, 4.69) is 43.4 Å². The van der Waals surface area contributed by atoms with Crippen molar-refractivity contribution in [3.05, 3.63) is 70.2 Å². The van der Waals surface area contributed by atoms with Gasteiger partial charge in [-0.15, -0.1) is 0 Å². The Morgan fingerprint density at radius 1 is 1.07 bits per heavy atom. The molecular weight excluding hydrogens is 372 g/mol. The van der Waals surface area contributed by atoms with Gasteiger partial charge >= 0.3 is 0 Å². The van der Waals surface area contributed by atoms with Crippen molar-refractivity contribution in [3.8, 4) is 0 Å². The number of carbonyl (C=O) groups excluding carboxylic acids is 2. The molecule has 148 valence electrons. The first-order valence-corrected chi connectivity index (χ1v) is 10.1. The van der Waals surface area contributed by atoms with Gasteiger partial charge in [-0.05, 0) is 42.7 Å². The number of hydrogen-bond acceptors (Lipinski definition) is 2. The van der Waals surface area contributed by atoms with Crippen molar-refractivity contribution in [1.82, 2.24) is 10.2 Å². The first kappa shape index (κ1) is 20.4. The molecule has 0 radical (unpaired) electrons. The minimum Gasteiger partial charge on any atom is -0.356 e. The Morgan fingerprint density at radius 2 is 1.71 bits per heavy atom. The van der Waals surface area contributed by atoms with Crippen LogP contribution in [-0.4, -0.2) is 36.3 Å². The molecule has 2 amide bonds. The minimum absolute atomic E-state index is 0.0102. The van der Waals surface area contributed by atoms with Gasteiger partial charge in [-0.2, -0.15) is 0 Å². The first-order valence-electron chi connectivity index (χ1n) is 9.74. The van der Waals surface area contributed by atoms with Gasteiger partial charge < -0.3 is 10.2 Å². The van der Waals surface area contributed by atoms with Gasteiger partial charge in [0.15, 0.2) is 0 Å². The highest BCUT2D eigenvalue weighted by Crippen LogP contribution is 2.34. The molecule has 1 aliphatic rings. The summed E-state index contributed by atoms with van der Waals surface area (Å²) >= 11 is 5.94. The molecule has 0 saturated carbocycles. The van der Waals surface area contributed by atoms with Crippen molar-refractivity contribution in [2.75, 3.05) is 19.6 Å². The highest BCUT2D eigenvalue weighted by molar-refractivity contribution is 6.30. The van der Waals surface area contributed by atoms with Crippen molar-refractivity contribution in [1.29, 1.82) is 0 Å². The lowest BCUT2D eigenvalue weighted by Crippen LogP contribution is -2.37. The Kier molecular flexibility index (Phi) is 6.40. The van der Waals surface area contributed by atoms with Crippen LogP contribution in [0, 0.1) is 18.8 Å². The van der Waals surface area contributed by atoms with Crippen molar-refractivity contribution in [2.45, 2.75) is 26.7 Å². The molecular formula is C23H27ClN2O2. The van der Waals surface area contributed by atoms with Crippen LogP contribution in [0.15, 0.2) is 48.5 Å². The van der Waals surface area contributed by atoms with E-state index in [0.29, 0.717) is 36.1 Å². The topological polar surface area (TPSA) is 49.4 Å². The van der Waals surface area contributed by atoms with E-state index in [4.69, 9.17) is 11.6 Å². The molecule has 28 heavy (non-hydrogen) atoms. The van der Waals surface area contributed by atoms with Gasteiger partial charge in [-0.25, -0.2) is 0 Å². The predicted molar refractivity (Wildman–Crippen MR) is 113 cm³/mol. The maximum absolute atomic E-state index is 13.0. The van der Waals surface area contributed by atoms with Gasteiger partial charge in [0, 0.05) is 36.1 Å². The number of carbonyl (C=O) groups is 2. The number of hydrogen-bond donors (Lipinski definition) is 1. The standard InChI is InChI=1S/C23H27ClN2O2/c1-15(2)12-25-22(27)21-14-26(23(28)18-8-10-19(24)11-9-18)13-20(21)17-6-4-16(3)5-7-17/h4-11,15,20-21H,12-14H2,1-3H3,(H,25,27). The largest absolute Gasteiger partial charge is 0.356 e. The SMILES string of the molecule is Cc1ccc(C2CN(C(=O)c3ccc(Cl)cc3)CC2C(=O)NCC(C)C)cc1. The summed E-state index contributed by atoms with van der Waals surface area (Å²) in [4.78, 5) is 27.6. The van der Waals surface area contributed by atoms with E-state index in [1.165, 1.54) is 5.56 Å². The van der Waals surface area contributed by atoms with E-state index in [0.717, 1.165) is 5.56 Å². The number of rotatable bonds is 5. The van der Waals surface area contributed by atoms with E-state index in [-0.39, 0.29) is 23.7 Å². The molecule has 1 fully saturated rings. The average Bonchev–Trinajstić information content (AvgIpc) is 3.12. The Balaban J connectivity index is 1.83. The van der Waals surface area contributed by atoms with Gasteiger partial charge in [0.25, 0.3) is 5.91 Å². The summed E-state index contributed by atoms with van der Waals surface area (Å²) in [5, 5.41) is 3.65. The van der Waals surface area contributed by atoms with E-state index < -0.39 is 0 Å². The lowest BCUT2D eigenvalue weighted by Gasteiger charge is -2.19. The minimum atomic E-state index is -0.252. The van der Waals surface area contributed by atoms with Crippen molar-refractivity contribution >= 4 is 23.4 Å². The molecule has 1 saturated heterocycles. The summed E-state index contributed by atoms with van der Waals surface area (Å²) in [5.74, 6) is 0.0790. The van der Waals surface area contributed by atoms with Crippen LogP contribution in [0.1, 0.15) is 41.3 Å². The van der Waals surface area contributed by atoms with Crippen molar-refractivity contribution < 1.29 is 9.59 Å². The molecule has 0 spiro atoms. The summed E-state index contributed by atoms with van der Waals surface area (Å²) in [6.45, 7) is 7.78. The van der Waals surface area contributed by atoms with Gasteiger partial charge in [0.1, 0.15) is 0 Å². The zero-order chi connectivity index (χ0) is 20.3. The van der Waals surface area contributed by atoms with Crippen LogP contribution in [0.3, 0.4) is 0 Å². The summed E-state index contributed by atoms with van der Waals surface area (Å²) in [7, 11) is 0. The fourth-order valence-electron chi connectivity index (χ4n) is 3.60. The summed E-state index contributed by atoms with van der Waals surface area (Å²) in [6.07, 6.45) is 0. The van der Waals surface area contributed by atoms with Gasteiger partial charge in [0.2, 0.25) is 5.91 Å². The number of likely N-dealkylation sites (tertiary alicyclic amines) is 1. The fraction of sp³-hybridized carbons (Fsp3) is 0.391. The molecule has 1 aliphatic heterocycles. The third-order valence-electron chi connectivity index (χ3n) is 5.23. The zero-order valence-electron chi connectivity index (χ0n) is 16.6. The summed E-state index contributed by atoms with van der Waals surface area (Å²) in [5.41, 5.74) is 2.87. The normalized spacial score (nSPS) is 19.1. The predicted octanol–water partition coefficient (Wildman–Crippen LogP) is 4.28. The number of aryl methyl sites for hydroxylation is 1. The van der Waals surface area contributed by atoms with Crippen LogP contribution >= 0.6 is 11.6 Å². The number of halogens is 1. The van der Waals surface area contributed by atoms with Gasteiger partial charge in [-0.3, -0.25) is 9.59 Å². The lowest BCUT2D eigenvalue weighted by atomic mass is 9.88. The molecule has 4 nitrogen and oxygen atoms in total. The first-order chi connectivity index (χ1) is 13.3. The molecule has 1 N–H and O–H groups in total. The molecule has 5 heteroatoms. The average molecular weight is 399 g/mol. The van der Waals surface area contributed by atoms with Gasteiger partial charge in [0.05, 0.1) is 5.92 Å². The number of benzene rings is 2. The molecule has 2 atom stereocenters. The van der Waals surface area contributed by atoms with E-state index in [9.17, 15) is 9.59 Å². The highest BCUT2D eigenvalue weighted by atomic mass is 35.5. The van der Waals surface area contributed by atoms with Crippen LogP contribution in [0.5, 0.6) is 0 Å². The Labute approximate surface area is 171 Å². The molecule has 3 rings (SSSR count).